The molecule has 1 amide bonds. The van der Waals surface area contributed by atoms with Gasteiger partial charge in [-0.3, -0.25) is 4.79 Å². The quantitative estimate of drug-likeness (QED) is 0.769. The van der Waals surface area contributed by atoms with Crippen LogP contribution in [0.5, 0.6) is 5.75 Å². The van der Waals surface area contributed by atoms with Crippen molar-refractivity contribution >= 4 is 17.2 Å². The zero-order valence-electron chi connectivity index (χ0n) is 11.4. The average Bonchev–Trinajstić information content (AvgIpc) is 2.87. The molecule has 20 heavy (non-hydrogen) atoms. The average molecular weight is 290 g/mol. The number of rotatable bonds is 7. The van der Waals surface area contributed by atoms with Crippen LogP contribution in [0.1, 0.15) is 20.8 Å². The largest absolute Gasteiger partial charge is 0.492 e. The van der Waals surface area contributed by atoms with E-state index in [0.29, 0.717) is 12.2 Å². The van der Waals surface area contributed by atoms with Crippen molar-refractivity contribution in [3.05, 3.63) is 51.7 Å². The number of primary amides is 1. The number of hydrogen-bond donors (Lipinski definition) is 2. The molecule has 0 saturated carbocycles. The Morgan fingerprint density at radius 3 is 2.95 bits per heavy atom. The lowest BCUT2D eigenvalue weighted by Crippen LogP contribution is -2.20. The fourth-order valence-corrected chi connectivity index (χ4v) is 2.60. The second-order valence-corrected chi connectivity index (χ2v) is 5.50. The summed E-state index contributed by atoms with van der Waals surface area (Å²) in [5.41, 5.74) is 6.97. The predicted molar refractivity (Wildman–Crippen MR) is 81.2 cm³/mol. The molecule has 0 aliphatic rings. The van der Waals surface area contributed by atoms with Gasteiger partial charge in [-0.25, -0.2) is 0 Å². The Morgan fingerprint density at radius 1 is 1.40 bits per heavy atom. The van der Waals surface area contributed by atoms with Gasteiger partial charge in [-0.1, -0.05) is 12.1 Å². The van der Waals surface area contributed by atoms with E-state index >= 15 is 0 Å². The predicted octanol–water partition coefficient (Wildman–Crippen LogP) is 2.32. The first-order valence-electron chi connectivity index (χ1n) is 6.42. The Balaban J connectivity index is 1.67. The fourth-order valence-electron chi connectivity index (χ4n) is 1.76. The maximum atomic E-state index is 11.0. The Kier molecular flexibility index (Phi) is 5.15. The summed E-state index contributed by atoms with van der Waals surface area (Å²) in [4.78, 5) is 12.1. The Bertz CT molecular complexity index is 581. The van der Waals surface area contributed by atoms with E-state index in [9.17, 15) is 4.79 Å². The monoisotopic (exact) mass is 290 g/mol. The summed E-state index contributed by atoms with van der Waals surface area (Å²) in [5, 5.41) is 5.05. The molecule has 4 nitrogen and oxygen atoms in total. The molecule has 0 radical (unpaired) electrons. The zero-order valence-corrected chi connectivity index (χ0v) is 12.2. The van der Waals surface area contributed by atoms with Crippen molar-refractivity contribution in [2.45, 2.75) is 13.5 Å². The summed E-state index contributed by atoms with van der Waals surface area (Å²) in [7, 11) is 0. The molecule has 0 aliphatic heterocycles. The Labute approximate surface area is 122 Å². The summed E-state index contributed by atoms with van der Waals surface area (Å²) in [5.74, 6) is 0.509. The van der Waals surface area contributed by atoms with Gasteiger partial charge in [0.1, 0.15) is 12.4 Å². The zero-order chi connectivity index (χ0) is 14.4. The molecule has 0 atom stereocenters. The normalized spacial score (nSPS) is 10.4. The van der Waals surface area contributed by atoms with Crippen molar-refractivity contribution in [1.82, 2.24) is 5.32 Å². The van der Waals surface area contributed by atoms with E-state index in [2.05, 4.69) is 5.32 Å². The molecule has 2 aromatic rings. The van der Waals surface area contributed by atoms with Gasteiger partial charge in [-0.2, -0.15) is 0 Å². The molecule has 0 saturated heterocycles. The van der Waals surface area contributed by atoms with Gasteiger partial charge in [-0.15, -0.1) is 11.3 Å². The Hall–Kier alpha value is -1.85. The summed E-state index contributed by atoms with van der Waals surface area (Å²) >= 11 is 1.53. The number of aryl methyl sites for hydroxylation is 1. The van der Waals surface area contributed by atoms with E-state index < -0.39 is 0 Å². The highest BCUT2D eigenvalue weighted by molar-refractivity contribution is 7.10. The molecule has 1 heterocycles. The van der Waals surface area contributed by atoms with Crippen LogP contribution in [0.3, 0.4) is 0 Å². The Morgan fingerprint density at radius 2 is 2.25 bits per heavy atom. The molecule has 0 spiro atoms. The molecule has 3 N–H and O–H groups in total. The third-order valence-corrected chi connectivity index (χ3v) is 3.71. The van der Waals surface area contributed by atoms with Crippen LogP contribution in [0.2, 0.25) is 0 Å². The fraction of sp³-hybridized carbons (Fsp3) is 0.267. The molecular formula is C15H18N2O2S. The van der Waals surface area contributed by atoms with Gasteiger partial charge in [0.05, 0.1) is 5.56 Å². The van der Waals surface area contributed by atoms with Crippen molar-refractivity contribution in [1.29, 1.82) is 0 Å². The van der Waals surface area contributed by atoms with Crippen LogP contribution in [0.4, 0.5) is 0 Å². The van der Waals surface area contributed by atoms with Crippen LogP contribution in [0, 0.1) is 6.92 Å². The molecule has 2 rings (SSSR count). The van der Waals surface area contributed by atoms with E-state index in [1.165, 1.54) is 16.9 Å². The number of nitrogens with two attached hydrogens (primary N) is 1. The molecule has 0 fully saturated rings. The topological polar surface area (TPSA) is 64.3 Å². The first-order chi connectivity index (χ1) is 9.65. The third kappa shape index (κ3) is 4.36. The molecule has 5 heteroatoms. The third-order valence-electron chi connectivity index (χ3n) is 2.77. The van der Waals surface area contributed by atoms with Gasteiger partial charge in [0, 0.05) is 23.3 Å². The van der Waals surface area contributed by atoms with Crippen molar-refractivity contribution < 1.29 is 9.53 Å². The molecule has 106 valence electrons. The van der Waals surface area contributed by atoms with Crippen LogP contribution in [0.15, 0.2) is 35.7 Å². The van der Waals surface area contributed by atoms with Gasteiger partial charge >= 0.3 is 0 Å². The van der Waals surface area contributed by atoms with E-state index in [-0.39, 0.29) is 5.91 Å². The number of benzene rings is 1. The van der Waals surface area contributed by atoms with Crippen molar-refractivity contribution in [3.63, 3.8) is 0 Å². The van der Waals surface area contributed by atoms with Crippen LogP contribution < -0.4 is 15.8 Å². The molecule has 1 aromatic heterocycles. The van der Waals surface area contributed by atoms with Gasteiger partial charge in [0.25, 0.3) is 0 Å². The second kappa shape index (κ2) is 7.07. The highest BCUT2D eigenvalue weighted by Gasteiger charge is 2.04. The van der Waals surface area contributed by atoms with Gasteiger partial charge in [0.2, 0.25) is 5.91 Å². The molecular weight excluding hydrogens is 272 g/mol. The highest BCUT2D eigenvalue weighted by Crippen LogP contribution is 2.14. The minimum Gasteiger partial charge on any atom is -0.492 e. The van der Waals surface area contributed by atoms with Gasteiger partial charge < -0.3 is 15.8 Å². The van der Waals surface area contributed by atoms with E-state index in [1.807, 2.05) is 37.3 Å². The maximum absolute atomic E-state index is 11.0. The van der Waals surface area contributed by atoms with E-state index in [0.717, 1.165) is 23.7 Å². The lowest BCUT2D eigenvalue weighted by Gasteiger charge is -2.07. The lowest BCUT2D eigenvalue weighted by molar-refractivity contribution is 0.100. The number of carbonyl (C=O) groups excluding carboxylic acids is 1. The standard InChI is InChI=1S/C15H18N2O2S/c1-11-3-2-4-13(7-11)19-6-5-17-9-14-8-12(10-20-14)15(16)18/h2-4,7-8,10,17H,5-6,9H2,1H3,(H2,16,18). The minimum atomic E-state index is -0.379. The van der Waals surface area contributed by atoms with Crippen molar-refractivity contribution in [2.24, 2.45) is 5.73 Å². The van der Waals surface area contributed by atoms with Crippen LogP contribution in [0.25, 0.3) is 0 Å². The summed E-state index contributed by atoms with van der Waals surface area (Å²) < 4.78 is 5.63. The molecule has 1 aromatic carbocycles. The van der Waals surface area contributed by atoms with Crippen LogP contribution >= 0.6 is 11.3 Å². The lowest BCUT2D eigenvalue weighted by atomic mass is 10.2. The first kappa shape index (κ1) is 14.6. The number of hydrogen-bond acceptors (Lipinski definition) is 4. The number of amides is 1. The first-order valence-corrected chi connectivity index (χ1v) is 7.30. The maximum Gasteiger partial charge on any atom is 0.249 e. The smallest absolute Gasteiger partial charge is 0.249 e. The molecule has 0 unspecified atom stereocenters. The highest BCUT2D eigenvalue weighted by atomic mass is 32.1. The second-order valence-electron chi connectivity index (χ2n) is 4.51. The van der Waals surface area contributed by atoms with Crippen LogP contribution in [-0.4, -0.2) is 19.1 Å². The summed E-state index contributed by atoms with van der Waals surface area (Å²) in [6.45, 7) is 4.11. The van der Waals surface area contributed by atoms with E-state index in [1.54, 1.807) is 5.38 Å². The molecule has 0 bridgehead atoms. The summed E-state index contributed by atoms with van der Waals surface area (Å²) in [6.07, 6.45) is 0. The minimum absolute atomic E-state index is 0.379. The van der Waals surface area contributed by atoms with Crippen LogP contribution in [-0.2, 0) is 6.54 Å². The number of carbonyl (C=O) groups is 1. The molecule has 0 aliphatic carbocycles. The SMILES string of the molecule is Cc1cccc(OCCNCc2cc(C(N)=O)cs2)c1. The van der Waals surface area contributed by atoms with Crippen molar-refractivity contribution in [2.75, 3.05) is 13.2 Å². The summed E-state index contributed by atoms with van der Waals surface area (Å²) in [6, 6.07) is 9.80. The van der Waals surface area contributed by atoms with Crippen molar-refractivity contribution in [3.8, 4) is 5.75 Å². The van der Waals surface area contributed by atoms with E-state index in [4.69, 9.17) is 10.5 Å². The number of nitrogens with one attached hydrogen (secondary N) is 1. The number of thiophene rings is 1. The number of ether oxygens (including phenoxy) is 1. The van der Waals surface area contributed by atoms with Gasteiger partial charge in [0.15, 0.2) is 0 Å². The van der Waals surface area contributed by atoms with Gasteiger partial charge in [-0.05, 0) is 30.7 Å².